The number of aromatic nitrogens is 7. The van der Waals surface area contributed by atoms with Crippen LogP contribution in [0.3, 0.4) is 0 Å². The van der Waals surface area contributed by atoms with Gasteiger partial charge in [0.25, 0.3) is 0 Å². The fraction of sp³-hybridized carbons (Fsp3) is 0.138. The third-order valence-corrected chi connectivity index (χ3v) is 7.11. The van der Waals surface area contributed by atoms with Crippen molar-refractivity contribution in [2.24, 2.45) is 5.92 Å². The van der Waals surface area contributed by atoms with Crippen molar-refractivity contribution in [3.8, 4) is 33.9 Å². The van der Waals surface area contributed by atoms with E-state index >= 15 is 0 Å². The molecule has 180 valence electrons. The average Bonchev–Trinajstić information content (AvgIpc) is 3.52. The lowest BCUT2D eigenvalue weighted by molar-refractivity contribution is 0.371. The molecule has 0 radical (unpaired) electrons. The zero-order valence-electron chi connectivity index (χ0n) is 20.1. The molecule has 0 amide bonds. The molecule has 6 aromatic rings. The number of fused-ring (bicyclic) bond motifs is 2. The lowest BCUT2D eigenvalue weighted by atomic mass is 9.83. The number of hydrogen-bond donors (Lipinski definition) is 3. The van der Waals surface area contributed by atoms with Crippen molar-refractivity contribution < 1.29 is 0 Å². The first-order chi connectivity index (χ1) is 18.2. The second kappa shape index (κ2) is 8.67. The van der Waals surface area contributed by atoms with Crippen LogP contribution in [-0.4, -0.2) is 35.1 Å². The minimum absolute atomic E-state index is 0.555. The number of hydrogen-bond acceptors (Lipinski definition) is 6. The van der Waals surface area contributed by atoms with Crippen LogP contribution in [-0.2, 0) is 0 Å². The van der Waals surface area contributed by atoms with Crippen LogP contribution < -0.4 is 5.32 Å². The number of nitrogens with one attached hydrogen (secondary N) is 3. The SMILES string of the molecule is C=C(Nc1cncc(-c2cnc3n[nH]c(-c4cc5c(-c6ccccn6)nccc5[nH]4)c3c2)c1)C1CCC1. The van der Waals surface area contributed by atoms with Crippen LogP contribution >= 0.6 is 0 Å². The molecule has 1 saturated carbocycles. The molecule has 0 bridgehead atoms. The van der Waals surface area contributed by atoms with E-state index in [2.05, 4.69) is 65.2 Å². The predicted octanol–water partition coefficient (Wildman–Crippen LogP) is 6.35. The molecule has 0 aliphatic heterocycles. The molecular formula is C29H24N8. The van der Waals surface area contributed by atoms with Crippen LogP contribution in [0.25, 0.3) is 55.8 Å². The van der Waals surface area contributed by atoms with Crippen LogP contribution in [0.1, 0.15) is 19.3 Å². The maximum absolute atomic E-state index is 4.62. The van der Waals surface area contributed by atoms with E-state index in [1.807, 2.05) is 42.9 Å². The van der Waals surface area contributed by atoms with Crippen molar-refractivity contribution >= 4 is 27.6 Å². The molecule has 0 aromatic carbocycles. The summed E-state index contributed by atoms with van der Waals surface area (Å²) < 4.78 is 0. The second-order valence-corrected chi connectivity index (χ2v) is 9.45. The first-order valence-corrected chi connectivity index (χ1v) is 12.4. The Hall–Kier alpha value is -4.85. The van der Waals surface area contributed by atoms with Gasteiger partial charge in [-0.25, -0.2) is 4.98 Å². The molecule has 1 aliphatic rings. The summed E-state index contributed by atoms with van der Waals surface area (Å²) in [6, 6.07) is 14.1. The summed E-state index contributed by atoms with van der Waals surface area (Å²) in [7, 11) is 0. The molecule has 7 rings (SSSR count). The molecule has 1 fully saturated rings. The van der Waals surface area contributed by atoms with Gasteiger partial charge < -0.3 is 10.3 Å². The van der Waals surface area contributed by atoms with Gasteiger partial charge in [0.15, 0.2) is 5.65 Å². The number of pyridine rings is 4. The number of aromatic amines is 2. The van der Waals surface area contributed by atoms with Gasteiger partial charge in [0.2, 0.25) is 0 Å². The molecular weight excluding hydrogens is 460 g/mol. The van der Waals surface area contributed by atoms with E-state index < -0.39 is 0 Å². The highest BCUT2D eigenvalue weighted by Gasteiger charge is 2.21. The quantitative estimate of drug-likeness (QED) is 0.254. The van der Waals surface area contributed by atoms with E-state index in [-0.39, 0.29) is 0 Å². The van der Waals surface area contributed by atoms with Gasteiger partial charge in [0, 0.05) is 57.9 Å². The predicted molar refractivity (Wildman–Crippen MR) is 146 cm³/mol. The molecule has 6 aromatic heterocycles. The summed E-state index contributed by atoms with van der Waals surface area (Å²) in [6.07, 6.45) is 12.8. The third-order valence-electron chi connectivity index (χ3n) is 7.11. The molecule has 1 aliphatic carbocycles. The van der Waals surface area contributed by atoms with Crippen molar-refractivity contribution in [3.05, 3.63) is 85.7 Å². The van der Waals surface area contributed by atoms with E-state index in [1.165, 1.54) is 19.3 Å². The lowest BCUT2D eigenvalue weighted by Gasteiger charge is -2.28. The molecule has 3 N–H and O–H groups in total. The van der Waals surface area contributed by atoms with E-state index in [0.29, 0.717) is 11.6 Å². The van der Waals surface area contributed by atoms with E-state index in [4.69, 9.17) is 0 Å². The van der Waals surface area contributed by atoms with Crippen molar-refractivity contribution in [2.75, 3.05) is 5.32 Å². The molecule has 0 spiro atoms. The summed E-state index contributed by atoms with van der Waals surface area (Å²) in [4.78, 5) is 21.7. The van der Waals surface area contributed by atoms with Gasteiger partial charge >= 0.3 is 0 Å². The first-order valence-electron chi connectivity index (χ1n) is 12.4. The number of nitrogens with zero attached hydrogens (tertiary/aromatic N) is 5. The molecule has 0 unspecified atom stereocenters. The summed E-state index contributed by atoms with van der Waals surface area (Å²) in [6.45, 7) is 4.22. The number of rotatable bonds is 6. The Kier molecular flexibility index (Phi) is 5.02. The van der Waals surface area contributed by atoms with Gasteiger partial charge in [-0.3, -0.25) is 20.1 Å². The normalized spacial score (nSPS) is 13.6. The van der Waals surface area contributed by atoms with E-state index in [9.17, 15) is 0 Å². The molecule has 37 heavy (non-hydrogen) atoms. The van der Waals surface area contributed by atoms with Gasteiger partial charge in [-0.05, 0) is 55.2 Å². The smallest absolute Gasteiger partial charge is 0.181 e. The van der Waals surface area contributed by atoms with Crippen LogP contribution in [0.5, 0.6) is 0 Å². The highest BCUT2D eigenvalue weighted by atomic mass is 15.2. The molecule has 0 atom stereocenters. The summed E-state index contributed by atoms with van der Waals surface area (Å²) in [5, 5.41) is 13.0. The molecule has 8 heteroatoms. The van der Waals surface area contributed by atoms with Crippen LogP contribution in [0.2, 0.25) is 0 Å². The maximum Gasteiger partial charge on any atom is 0.181 e. The van der Waals surface area contributed by atoms with Gasteiger partial charge in [0.1, 0.15) is 0 Å². The van der Waals surface area contributed by atoms with Crippen LogP contribution in [0.15, 0.2) is 85.7 Å². The van der Waals surface area contributed by atoms with Crippen molar-refractivity contribution in [1.29, 1.82) is 0 Å². The van der Waals surface area contributed by atoms with Crippen LogP contribution in [0, 0.1) is 5.92 Å². The Morgan fingerprint density at radius 1 is 0.919 bits per heavy atom. The van der Waals surface area contributed by atoms with E-state index in [1.54, 1.807) is 12.4 Å². The maximum atomic E-state index is 4.62. The van der Waals surface area contributed by atoms with Gasteiger partial charge in [-0.15, -0.1) is 0 Å². The fourth-order valence-corrected chi connectivity index (χ4v) is 4.87. The Morgan fingerprint density at radius 3 is 2.68 bits per heavy atom. The molecule has 0 saturated heterocycles. The Bertz CT molecular complexity index is 1760. The zero-order valence-corrected chi connectivity index (χ0v) is 20.1. The highest BCUT2D eigenvalue weighted by molar-refractivity contribution is 5.99. The van der Waals surface area contributed by atoms with Crippen molar-refractivity contribution in [1.82, 2.24) is 35.1 Å². The summed E-state index contributed by atoms with van der Waals surface area (Å²) in [5.41, 5.74) is 9.02. The Balaban J connectivity index is 1.26. The van der Waals surface area contributed by atoms with Gasteiger partial charge in [0.05, 0.1) is 34.7 Å². The second-order valence-electron chi connectivity index (χ2n) is 9.45. The monoisotopic (exact) mass is 484 g/mol. The summed E-state index contributed by atoms with van der Waals surface area (Å²) >= 11 is 0. The largest absolute Gasteiger partial charge is 0.358 e. The Morgan fingerprint density at radius 2 is 1.84 bits per heavy atom. The zero-order chi connectivity index (χ0) is 24.8. The fourth-order valence-electron chi connectivity index (χ4n) is 4.87. The third kappa shape index (κ3) is 3.83. The van der Waals surface area contributed by atoms with Crippen molar-refractivity contribution in [2.45, 2.75) is 19.3 Å². The van der Waals surface area contributed by atoms with Crippen molar-refractivity contribution in [3.63, 3.8) is 0 Å². The highest BCUT2D eigenvalue weighted by Crippen LogP contribution is 2.35. The van der Waals surface area contributed by atoms with Gasteiger partial charge in [-0.1, -0.05) is 19.1 Å². The number of anilines is 1. The van der Waals surface area contributed by atoms with E-state index in [0.717, 1.165) is 61.6 Å². The number of allylic oxidation sites excluding steroid dienone is 1. The lowest BCUT2D eigenvalue weighted by Crippen LogP contribution is -2.18. The van der Waals surface area contributed by atoms with Crippen LogP contribution in [0.4, 0.5) is 5.69 Å². The van der Waals surface area contributed by atoms with Gasteiger partial charge in [-0.2, -0.15) is 5.10 Å². The summed E-state index contributed by atoms with van der Waals surface area (Å²) in [5.74, 6) is 0.555. The minimum Gasteiger partial charge on any atom is -0.358 e. The average molecular weight is 485 g/mol. The topological polar surface area (TPSA) is 108 Å². The first kappa shape index (κ1) is 21.4. The molecule has 8 nitrogen and oxygen atoms in total. The molecule has 6 heterocycles. The number of H-pyrrole nitrogens is 2. The standard InChI is InChI=1S/C29H24N8/c1-17(18-5-4-6-18)34-21-11-19(14-30-16-21)20-12-23-28(36-37-29(23)33-15-20)26-13-22-24(35-26)8-10-32-27(22)25-7-2-3-9-31-25/h2-3,7-16,18,34-35H,1,4-6H2,(H,33,36,37). The Labute approximate surface area is 212 Å². The minimum atomic E-state index is 0.555.